The lowest BCUT2D eigenvalue weighted by atomic mass is 10.1. The number of halogens is 2. The second-order valence-electron chi connectivity index (χ2n) is 4.88. The van der Waals surface area contributed by atoms with Gasteiger partial charge in [-0.05, 0) is 34.9 Å². The molecule has 3 rings (SSSR count). The van der Waals surface area contributed by atoms with Crippen molar-refractivity contribution < 1.29 is 9.90 Å². The van der Waals surface area contributed by atoms with E-state index in [-0.39, 0.29) is 27.2 Å². The number of phenols is 1. The minimum absolute atomic E-state index is 0.0239. The number of anilines is 1. The highest BCUT2D eigenvalue weighted by atomic mass is 35.5. The van der Waals surface area contributed by atoms with Crippen LogP contribution in [-0.2, 0) is 4.79 Å². The first-order valence-corrected chi connectivity index (χ1v) is 7.52. The zero-order chi connectivity index (χ0) is 17.3. The van der Waals surface area contributed by atoms with E-state index in [0.29, 0.717) is 11.3 Å². The summed E-state index contributed by atoms with van der Waals surface area (Å²) in [5, 5.41) is 14.9. The molecule has 2 aromatic carbocycles. The average Bonchev–Trinajstić information content (AvgIpc) is 2.89. The zero-order valence-electron chi connectivity index (χ0n) is 12.1. The number of amides is 1. The molecule has 0 fully saturated rings. The molecule has 0 unspecified atom stereocenters. The van der Waals surface area contributed by atoms with Gasteiger partial charge in [-0.2, -0.15) is 0 Å². The van der Waals surface area contributed by atoms with Crippen molar-refractivity contribution in [1.82, 2.24) is 0 Å². The number of rotatable bonds is 2. The number of aromatic hydroxyl groups is 1. The Morgan fingerprint density at radius 3 is 2.38 bits per heavy atom. The van der Waals surface area contributed by atoms with E-state index in [2.05, 4.69) is 9.95 Å². The van der Waals surface area contributed by atoms with Gasteiger partial charge in [-0.1, -0.05) is 54.0 Å². The maximum absolute atomic E-state index is 12.6. The number of nitrogens with zero attached hydrogens (tertiary/aromatic N) is 3. The summed E-state index contributed by atoms with van der Waals surface area (Å²) < 4.78 is 0. The summed E-state index contributed by atoms with van der Waals surface area (Å²) in [5.74, 6) is -0.681. The van der Waals surface area contributed by atoms with Crippen molar-refractivity contribution in [3.05, 3.63) is 75.1 Å². The molecule has 0 atom stereocenters. The molecule has 0 radical (unpaired) electrons. The number of benzene rings is 2. The molecule has 1 N–H and O–H groups in total. The molecule has 7 heteroatoms. The van der Waals surface area contributed by atoms with E-state index in [0.717, 1.165) is 0 Å². The molecule has 118 valence electrons. The Kier molecular flexibility index (Phi) is 4.26. The molecule has 1 aliphatic rings. The van der Waals surface area contributed by atoms with Gasteiger partial charge in [0.2, 0.25) is 0 Å². The Morgan fingerprint density at radius 1 is 1.17 bits per heavy atom. The van der Waals surface area contributed by atoms with Crippen molar-refractivity contribution in [2.45, 2.75) is 0 Å². The van der Waals surface area contributed by atoms with Crippen LogP contribution >= 0.6 is 23.2 Å². The largest absolute Gasteiger partial charge is 0.505 e. The second-order valence-corrected chi connectivity index (χ2v) is 5.69. The van der Waals surface area contributed by atoms with Gasteiger partial charge in [0.15, 0.2) is 5.75 Å². The fraction of sp³-hybridized carbons (Fsp3) is 0. The number of hydrogen-bond donors (Lipinski definition) is 1. The van der Waals surface area contributed by atoms with Crippen LogP contribution < -0.4 is 5.01 Å². The Labute approximate surface area is 147 Å². The van der Waals surface area contributed by atoms with Crippen molar-refractivity contribution in [3.8, 4) is 5.75 Å². The molecule has 0 saturated heterocycles. The summed E-state index contributed by atoms with van der Waals surface area (Å²) in [6.07, 6.45) is 1.47. The quantitative estimate of drug-likeness (QED) is 0.641. The van der Waals surface area contributed by atoms with Gasteiger partial charge in [-0.3, -0.25) is 4.79 Å². The Bertz CT molecular complexity index is 908. The molecule has 0 bridgehead atoms. The molecule has 0 aliphatic carbocycles. The lowest BCUT2D eigenvalue weighted by Gasteiger charge is -2.07. The van der Waals surface area contributed by atoms with Crippen molar-refractivity contribution in [1.29, 1.82) is 0 Å². The zero-order valence-corrected chi connectivity index (χ0v) is 13.6. The second kappa shape index (κ2) is 6.36. The number of carbonyl (C=O) groups excluding carboxylic acids is 1. The minimum Gasteiger partial charge on any atom is -0.505 e. The highest BCUT2D eigenvalue weighted by Crippen LogP contribution is 2.34. The molecule has 1 amide bonds. The average molecular weight is 358 g/mol. The summed E-state index contributed by atoms with van der Waals surface area (Å²) >= 11 is 11.8. The number of hydrogen-bond acceptors (Lipinski definition) is 3. The van der Waals surface area contributed by atoms with E-state index in [1.54, 1.807) is 24.3 Å². The van der Waals surface area contributed by atoms with Gasteiger partial charge in [-0.15, -0.1) is 5.01 Å². The SMILES string of the molecule is [C-]#[N+]C1=NN(c2ccccc2)C(=O)C1=Cc1cc(Cl)c(O)c(Cl)c1. The number of amidine groups is 1. The Hall–Kier alpha value is -2.81. The standard InChI is InChI=1S/C17H9Cl2N3O2/c1-20-16-12(7-10-8-13(18)15(23)14(19)9-10)17(24)22(21-16)11-5-3-2-4-6-11/h2-9,23H. The fourth-order valence-electron chi connectivity index (χ4n) is 2.19. The van der Waals surface area contributed by atoms with Gasteiger partial charge in [0.05, 0.1) is 21.3 Å². The highest BCUT2D eigenvalue weighted by Gasteiger charge is 2.34. The van der Waals surface area contributed by atoms with Crippen molar-refractivity contribution in [3.63, 3.8) is 0 Å². The molecule has 0 aromatic heterocycles. The van der Waals surface area contributed by atoms with Crippen LogP contribution in [0.1, 0.15) is 5.56 Å². The normalized spacial score (nSPS) is 15.5. The summed E-state index contributed by atoms with van der Waals surface area (Å²) in [4.78, 5) is 15.9. The molecule has 2 aromatic rings. The molecule has 1 heterocycles. The van der Waals surface area contributed by atoms with Crippen LogP contribution in [0, 0.1) is 6.57 Å². The van der Waals surface area contributed by atoms with Crippen LogP contribution in [0.5, 0.6) is 5.75 Å². The number of phenolic OH excluding ortho intramolecular Hbond substituents is 1. The van der Waals surface area contributed by atoms with Gasteiger partial charge in [-0.25, -0.2) is 0 Å². The molecular formula is C17H9Cl2N3O2. The first-order valence-electron chi connectivity index (χ1n) is 6.77. The maximum atomic E-state index is 12.6. The highest BCUT2D eigenvalue weighted by molar-refractivity contribution is 6.38. The molecule has 24 heavy (non-hydrogen) atoms. The lowest BCUT2D eigenvalue weighted by molar-refractivity contribution is -0.114. The predicted octanol–water partition coefficient (Wildman–Crippen LogP) is 4.36. The first kappa shape index (κ1) is 16.1. The van der Waals surface area contributed by atoms with Crippen molar-refractivity contribution in [2.75, 3.05) is 5.01 Å². The fourth-order valence-corrected chi connectivity index (χ4v) is 2.70. The van der Waals surface area contributed by atoms with Crippen LogP contribution in [0.15, 0.2) is 53.1 Å². The molecule has 0 spiro atoms. The van der Waals surface area contributed by atoms with Crippen LogP contribution in [0.25, 0.3) is 10.9 Å². The third-order valence-electron chi connectivity index (χ3n) is 3.32. The maximum Gasteiger partial charge on any atom is 0.307 e. The minimum atomic E-state index is -0.424. The predicted molar refractivity (Wildman–Crippen MR) is 94.1 cm³/mol. The summed E-state index contributed by atoms with van der Waals surface area (Å²) in [5.41, 5.74) is 1.18. The van der Waals surface area contributed by atoms with Crippen LogP contribution in [0.2, 0.25) is 10.0 Å². The molecule has 0 saturated carbocycles. The van der Waals surface area contributed by atoms with Gasteiger partial charge in [0, 0.05) is 0 Å². The number of para-hydroxylation sites is 1. The van der Waals surface area contributed by atoms with Crippen LogP contribution in [0.4, 0.5) is 5.69 Å². The third-order valence-corrected chi connectivity index (χ3v) is 3.89. The van der Waals surface area contributed by atoms with Crippen LogP contribution in [0.3, 0.4) is 0 Å². The van der Waals surface area contributed by atoms with Gasteiger partial charge in [0.1, 0.15) is 0 Å². The number of carbonyl (C=O) groups is 1. The van der Waals surface area contributed by atoms with E-state index in [1.807, 2.05) is 6.07 Å². The van der Waals surface area contributed by atoms with E-state index in [4.69, 9.17) is 29.8 Å². The Balaban J connectivity index is 2.04. The monoisotopic (exact) mass is 357 g/mol. The van der Waals surface area contributed by atoms with Crippen molar-refractivity contribution >= 4 is 46.7 Å². The summed E-state index contributed by atoms with van der Waals surface area (Å²) in [6, 6.07) is 11.7. The van der Waals surface area contributed by atoms with Gasteiger partial charge < -0.3 is 9.95 Å². The van der Waals surface area contributed by atoms with Gasteiger partial charge in [0.25, 0.3) is 5.91 Å². The van der Waals surface area contributed by atoms with Crippen LogP contribution in [-0.4, -0.2) is 16.8 Å². The topological polar surface area (TPSA) is 57.3 Å². The molecular weight excluding hydrogens is 349 g/mol. The summed E-state index contributed by atoms with van der Waals surface area (Å²) in [7, 11) is 0. The van der Waals surface area contributed by atoms with E-state index < -0.39 is 5.91 Å². The third kappa shape index (κ3) is 2.85. The van der Waals surface area contributed by atoms with Gasteiger partial charge >= 0.3 is 5.84 Å². The molecule has 1 aliphatic heterocycles. The van der Waals surface area contributed by atoms with E-state index in [1.165, 1.54) is 23.2 Å². The van der Waals surface area contributed by atoms with Crippen molar-refractivity contribution in [2.24, 2.45) is 5.10 Å². The first-order chi connectivity index (χ1) is 11.5. The number of hydrazone groups is 1. The lowest BCUT2D eigenvalue weighted by Crippen LogP contribution is -2.21. The van der Waals surface area contributed by atoms with E-state index in [9.17, 15) is 9.90 Å². The molecule has 5 nitrogen and oxygen atoms in total. The smallest absolute Gasteiger partial charge is 0.307 e. The Morgan fingerprint density at radius 2 is 1.79 bits per heavy atom. The summed E-state index contributed by atoms with van der Waals surface area (Å²) in [6.45, 7) is 7.24. The van der Waals surface area contributed by atoms with E-state index >= 15 is 0 Å².